The first kappa shape index (κ1) is 27.4. The molecule has 5 aromatic carbocycles. The number of benzene rings is 5. The molecular formula is C44H40N2O. The standard InChI is InChI=1S/C44H40N2O/c1-42(2,3)23-14-16-33-28(18-23)30-20-24(43(4,5)6)21-31-36-34(45(33)37(30)31)17-15-26-29-19-25(44(7,8)9)22-32-38(29)46(39(26)36)40-27-12-10-11-13-35(27)47-41(32)40/h10-22H,1-9H3. The molecule has 0 aliphatic rings. The van der Waals surface area contributed by atoms with Gasteiger partial charge in [-0.2, -0.15) is 0 Å². The Morgan fingerprint density at radius 3 is 1.70 bits per heavy atom. The van der Waals surface area contributed by atoms with Gasteiger partial charge in [-0.1, -0.05) is 86.6 Å². The van der Waals surface area contributed by atoms with Crippen LogP contribution in [0.25, 0.3) is 87.4 Å². The van der Waals surface area contributed by atoms with Crippen molar-refractivity contribution in [1.82, 2.24) is 8.80 Å². The fourth-order valence-corrected chi connectivity index (χ4v) is 8.43. The third-order valence-corrected chi connectivity index (χ3v) is 11.0. The van der Waals surface area contributed by atoms with E-state index < -0.39 is 0 Å². The molecule has 10 rings (SSSR count). The van der Waals surface area contributed by atoms with E-state index in [2.05, 4.69) is 150 Å². The Bertz CT molecular complexity index is 2940. The summed E-state index contributed by atoms with van der Waals surface area (Å²) >= 11 is 0. The van der Waals surface area contributed by atoms with Gasteiger partial charge in [-0.3, -0.25) is 0 Å². The first-order valence-electron chi connectivity index (χ1n) is 17.0. The number of rotatable bonds is 0. The summed E-state index contributed by atoms with van der Waals surface area (Å²) in [5.41, 5.74) is 13.7. The highest BCUT2D eigenvalue weighted by atomic mass is 16.3. The number of furan rings is 1. The molecule has 0 aliphatic heterocycles. The van der Waals surface area contributed by atoms with Crippen LogP contribution in [0.1, 0.15) is 79.0 Å². The van der Waals surface area contributed by atoms with Crippen LogP contribution < -0.4 is 0 Å². The van der Waals surface area contributed by atoms with Crippen LogP contribution in [-0.2, 0) is 16.2 Å². The summed E-state index contributed by atoms with van der Waals surface area (Å²) in [5, 5.41) is 10.3. The van der Waals surface area contributed by atoms with E-state index in [4.69, 9.17) is 4.42 Å². The Labute approximate surface area is 274 Å². The Kier molecular flexibility index (Phi) is 4.77. The lowest BCUT2D eigenvalue weighted by atomic mass is 9.84. The second-order valence-corrected chi connectivity index (χ2v) is 17.1. The molecular weight excluding hydrogens is 572 g/mol. The summed E-state index contributed by atoms with van der Waals surface area (Å²) in [6, 6.07) is 30.2. The Hall–Kier alpha value is -4.76. The highest BCUT2D eigenvalue weighted by molar-refractivity contribution is 6.34. The predicted molar refractivity (Wildman–Crippen MR) is 202 cm³/mol. The quantitative estimate of drug-likeness (QED) is 0.167. The molecule has 0 saturated heterocycles. The number of fused-ring (bicyclic) bond motifs is 15. The number of hydrogen-bond acceptors (Lipinski definition) is 1. The molecule has 0 saturated carbocycles. The van der Waals surface area contributed by atoms with Crippen molar-refractivity contribution in [2.75, 3.05) is 0 Å². The van der Waals surface area contributed by atoms with Crippen molar-refractivity contribution in [1.29, 1.82) is 0 Å². The minimum atomic E-state index is 0.000768. The lowest BCUT2D eigenvalue weighted by Gasteiger charge is -2.20. The molecule has 0 aliphatic carbocycles. The van der Waals surface area contributed by atoms with Gasteiger partial charge in [-0.25, -0.2) is 0 Å². The molecule has 5 aromatic heterocycles. The normalized spacial score (nSPS) is 14.1. The average Bonchev–Trinajstić information content (AvgIpc) is 3.78. The van der Waals surface area contributed by atoms with E-state index in [1.165, 1.54) is 92.9 Å². The molecule has 0 spiro atoms. The van der Waals surface area contributed by atoms with E-state index in [-0.39, 0.29) is 16.2 Å². The van der Waals surface area contributed by atoms with Crippen LogP contribution in [0.5, 0.6) is 0 Å². The molecule has 232 valence electrons. The van der Waals surface area contributed by atoms with Crippen LogP contribution in [-0.4, -0.2) is 8.80 Å². The average molecular weight is 613 g/mol. The Morgan fingerprint density at radius 2 is 1.00 bits per heavy atom. The lowest BCUT2D eigenvalue weighted by Crippen LogP contribution is -2.11. The molecule has 5 heterocycles. The largest absolute Gasteiger partial charge is 0.454 e. The van der Waals surface area contributed by atoms with Gasteiger partial charge in [0.2, 0.25) is 0 Å². The van der Waals surface area contributed by atoms with Crippen molar-refractivity contribution in [3.63, 3.8) is 0 Å². The monoisotopic (exact) mass is 612 g/mol. The first-order valence-corrected chi connectivity index (χ1v) is 17.0. The van der Waals surface area contributed by atoms with E-state index in [0.717, 1.165) is 11.2 Å². The molecule has 0 unspecified atom stereocenters. The van der Waals surface area contributed by atoms with Crippen LogP contribution in [0.15, 0.2) is 83.3 Å². The topological polar surface area (TPSA) is 22.0 Å². The summed E-state index contributed by atoms with van der Waals surface area (Å²) in [7, 11) is 0. The van der Waals surface area contributed by atoms with Crippen LogP contribution in [0.3, 0.4) is 0 Å². The van der Waals surface area contributed by atoms with Gasteiger partial charge < -0.3 is 13.2 Å². The number of nitrogens with zero attached hydrogens (tertiary/aromatic N) is 2. The van der Waals surface area contributed by atoms with Crippen LogP contribution in [0.4, 0.5) is 0 Å². The summed E-state index contributed by atoms with van der Waals surface area (Å²) in [5.74, 6) is 0. The van der Waals surface area contributed by atoms with Crippen molar-refractivity contribution in [2.24, 2.45) is 0 Å². The summed E-state index contributed by atoms with van der Waals surface area (Å²) in [4.78, 5) is 0. The second kappa shape index (κ2) is 8.20. The van der Waals surface area contributed by atoms with Crippen molar-refractivity contribution >= 4 is 87.4 Å². The summed E-state index contributed by atoms with van der Waals surface area (Å²) in [6.45, 7) is 20.9. The zero-order valence-corrected chi connectivity index (χ0v) is 28.8. The molecule has 0 amide bonds. The Balaban J connectivity index is 1.51. The van der Waals surface area contributed by atoms with E-state index in [1.54, 1.807) is 0 Å². The fraction of sp³-hybridized carbons (Fsp3) is 0.273. The maximum Gasteiger partial charge on any atom is 0.161 e. The number of hydrogen-bond donors (Lipinski definition) is 0. The highest BCUT2D eigenvalue weighted by Gasteiger charge is 2.29. The molecule has 3 heteroatoms. The van der Waals surface area contributed by atoms with Crippen molar-refractivity contribution in [3.8, 4) is 0 Å². The number of para-hydroxylation sites is 1. The van der Waals surface area contributed by atoms with E-state index in [9.17, 15) is 0 Å². The third kappa shape index (κ3) is 3.32. The zero-order chi connectivity index (χ0) is 32.5. The van der Waals surface area contributed by atoms with Crippen molar-refractivity contribution < 1.29 is 4.42 Å². The summed E-state index contributed by atoms with van der Waals surface area (Å²) in [6.07, 6.45) is 0. The van der Waals surface area contributed by atoms with Gasteiger partial charge in [0.05, 0.1) is 27.6 Å². The molecule has 0 N–H and O–H groups in total. The van der Waals surface area contributed by atoms with E-state index >= 15 is 0 Å². The van der Waals surface area contributed by atoms with Crippen molar-refractivity contribution in [3.05, 3.63) is 95.6 Å². The molecule has 47 heavy (non-hydrogen) atoms. The van der Waals surface area contributed by atoms with Gasteiger partial charge in [0, 0.05) is 43.1 Å². The SMILES string of the molecule is CC(C)(C)c1ccc2c(c1)c1cc(C(C)(C)C)cc3c4c(ccc5c6cc(C(C)(C)C)cc7c8oc9ccccc9c8n(c67)c54)n2c13. The predicted octanol–water partition coefficient (Wildman–Crippen LogP) is 12.6. The van der Waals surface area contributed by atoms with Crippen LogP contribution >= 0.6 is 0 Å². The minimum absolute atomic E-state index is 0.000768. The molecule has 10 aromatic rings. The van der Waals surface area contributed by atoms with Gasteiger partial charge in [-0.05, 0) is 87.5 Å². The fourth-order valence-electron chi connectivity index (χ4n) is 8.43. The van der Waals surface area contributed by atoms with E-state index in [1.807, 2.05) is 0 Å². The number of aromatic nitrogens is 2. The smallest absolute Gasteiger partial charge is 0.161 e. The summed E-state index contributed by atoms with van der Waals surface area (Å²) < 4.78 is 11.8. The van der Waals surface area contributed by atoms with Crippen molar-refractivity contribution in [2.45, 2.75) is 78.6 Å². The Morgan fingerprint density at radius 1 is 0.426 bits per heavy atom. The van der Waals surface area contributed by atoms with Crippen LogP contribution in [0, 0.1) is 0 Å². The molecule has 0 bridgehead atoms. The first-order chi connectivity index (χ1) is 22.2. The molecule has 0 radical (unpaired) electrons. The second-order valence-electron chi connectivity index (χ2n) is 17.1. The van der Waals surface area contributed by atoms with Gasteiger partial charge in [0.1, 0.15) is 11.1 Å². The van der Waals surface area contributed by atoms with E-state index in [0.29, 0.717) is 0 Å². The zero-order valence-electron chi connectivity index (χ0n) is 28.8. The van der Waals surface area contributed by atoms with Gasteiger partial charge >= 0.3 is 0 Å². The van der Waals surface area contributed by atoms with Gasteiger partial charge in [0.25, 0.3) is 0 Å². The highest BCUT2D eigenvalue weighted by Crippen LogP contribution is 2.50. The van der Waals surface area contributed by atoms with Gasteiger partial charge in [0.15, 0.2) is 5.58 Å². The molecule has 0 fully saturated rings. The molecule has 3 nitrogen and oxygen atoms in total. The third-order valence-electron chi connectivity index (χ3n) is 11.0. The lowest BCUT2D eigenvalue weighted by molar-refractivity contribution is 0.590. The van der Waals surface area contributed by atoms with Gasteiger partial charge in [-0.15, -0.1) is 0 Å². The maximum atomic E-state index is 6.72. The minimum Gasteiger partial charge on any atom is -0.454 e. The van der Waals surface area contributed by atoms with Crippen LogP contribution in [0.2, 0.25) is 0 Å². The molecule has 0 atom stereocenters. The maximum absolute atomic E-state index is 6.72.